The number of aldehydes is 2. The van der Waals surface area contributed by atoms with E-state index in [2.05, 4.69) is 62.1 Å². The number of aliphatic hydroxyl groups excluding tert-OH is 2. The first-order valence-corrected chi connectivity index (χ1v) is 33.6. The normalized spacial score (nSPS) is 15.2. The number of anilines is 3. The van der Waals surface area contributed by atoms with Gasteiger partial charge in [-0.15, -0.1) is 0 Å². The molecule has 2 amide bonds. The van der Waals surface area contributed by atoms with E-state index in [4.69, 9.17) is 38.3 Å². The zero-order valence-corrected chi connectivity index (χ0v) is 57.0. The Morgan fingerprint density at radius 3 is 1.46 bits per heavy atom. The lowest BCUT2D eigenvalue weighted by molar-refractivity contribution is -0.119. The fourth-order valence-electron chi connectivity index (χ4n) is 11.6. The molecule has 5 aliphatic rings. The monoisotopic (exact) mass is 1340 g/mol. The first kappa shape index (κ1) is 73.3. The fourth-order valence-corrected chi connectivity index (χ4v) is 11.6. The van der Waals surface area contributed by atoms with E-state index < -0.39 is 22.5 Å². The van der Waals surface area contributed by atoms with Gasteiger partial charge in [-0.25, -0.2) is 8.78 Å². The number of aryl methyl sites for hydroxylation is 1. The third-order valence-electron chi connectivity index (χ3n) is 17.5. The van der Waals surface area contributed by atoms with Crippen molar-refractivity contribution in [3.63, 3.8) is 0 Å². The molecule has 1 atom stereocenters. The predicted molar refractivity (Wildman–Crippen MR) is 375 cm³/mol. The average Bonchev–Trinajstić information content (AvgIpc) is 1.62. The molecular formula is C79H92F2N4O13. The number of rotatable bonds is 24. The Morgan fingerprint density at radius 2 is 1.02 bits per heavy atom. The summed E-state index contributed by atoms with van der Waals surface area (Å²) in [4.78, 5) is 46.3. The first-order valence-electron chi connectivity index (χ1n) is 33.6. The van der Waals surface area contributed by atoms with Crippen molar-refractivity contribution in [2.24, 2.45) is 5.41 Å². The summed E-state index contributed by atoms with van der Waals surface area (Å²) in [5.41, 5.74) is 7.93. The third-order valence-corrected chi connectivity index (χ3v) is 17.5. The smallest absolute Gasteiger partial charge is 0.235 e. The van der Waals surface area contributed by atoms with Crippen LogP contribution >= 0.6 is 0 Å². The van der Waals surface area contributed by atoms with E-state index in [0.717, 1.165) is 81.9 Å². The molecule has 2 aliphatic carbocycles. The van der Waals surface area contributed by atoms with Crippen LogP contribution in [0.15, 0.2) is 158 Å². The molecule has 0 bridgehead atoms. The largest absolute Gasteiger partial charge is 0.454 e. The lowest BCUT2D eigenvalue weighted by Crippen LogP contribution is -2.31. The van der Waals surface area contributed by atoms with Crippen molar-refractivity contribution in [2.75, 3.05) is 62.6 Å². The van der Waals surface area contributed by atoms with Crippen LogP contribution in [0.25, 0.3) is 10.9 Å². The van der Waals surface area contributed by atoms with Crippen molar-refractivity contribution in [1.82, 2.24) is 4.57 Å². The zero-order valence-electron chi connectivity index (χ0n) is 57.0. The van der Waals surface area contributed by atoms with Gasteiger partial charge in [0.1, 0.15) is 24.2 Å². The molecule has 8 aromatic rings. The number of nitrogens with zero attached hydrogens (tertiary/aromatic N) is 1. The van der Waals surface area contributed by atoms with Crippen LogP contribution < -0.4 is 34.9 Å². The molecule has 19 heteroatoms. The van der Waals surface area contributed by atoms with E-state index in [1.807, 2.05) is 133 Å². The standard InChI is InChI=1S/C26H29FN2O4.C23H25FN2O3.C10H14O2.2C10H12O2/c1-25(2,3)23-12-16-11-19(18(27)14-20(16)29(23)9-4-10-30)28-24(31)26(7-8-26)17-5-6-21-22(13-17)33-15-32-21;1-22(2,3)20-9-13-8-17(15(24)11-16(13)25-20)26-21(27)23(6-7-23)14-4-5-18-19(10-14)29-12-28-18;3*11-7-4-8-12-9-10-5-2-1-3-6-10/h5-6,11-14,30H,4,7-10,15H2,1-3H3,(H,28,31);4-5,8,10-11,20,25H,6-7,9,12H2,1-3H3,(H,26,27);1-3,5-6,11H,4,7-9H2;2*1-3,5-7H,4,8-9H2. The Hall–Kier alpha value is -8.98. The lowest BCUT2D eigenvalue weighted by atomic mass is 9.85. The van der Waals surface area contributed by atoms with Crippen LogP contribution in [0.2, 0.25) is 0 Å². The van der Waals surface area contributed by atoms with Crippen LogP contribution in [0.1, 0.15) is 132 Å². The van der Waals surface area contributed by atoms with Gasteiger partial charge in [-0.05, 0) is 132 Å². The maximum absolute atomic E-state index is 15.2. The van der Waals surface area contributed by atoms with Gasteiger partial charge in [0.2, 0.25) is 25.4 Å². The molecule has 98 heavy (non-hydrogen) atoms. The molecule has 7 aromatic carbocycles. The van der Waals surface area contributed by atoms with Crippen LogP contribution in [0.5, 0.6) is 23.0 Å². The average molecular weight is 1340 g/mol. The number of aliphatic hydroxyl groups is 2. The fraction of sp³-hybridized carbons (Fsp3) is 0.392. The number of halogens is 2. The predicted octanol–water partition coefficient (Wildman–Crippen LogP) is 14.6. The Kier molecular flexibility index (Phi) is 25.8. The van der Waals surface area contributed by atoms with Gasteiger partial charge in [-0.2, -0.15) is 0 Å². The van der Waals surface area contributed by atoms with Gasteiger partial charge in [-0.1, -0.05) is 145 Å². The number of amides is 2. The zero-order chi connectivity index (χ0) is 69.7. The Balaban J connectivity index is 0.000000155. The van der Waals surface area contributed by atoms with E-state index >= 15 is 4.39 Å². The summed E-state index contributed by atoms with van der Waals surface area (Å²) in [6, 6.07) is 49.8. The van der Waals surface area contributed by atoms with Gasteiger partial charge in [0.05, 0.1) is 60.8 Å². The molecule has 2 saturated carbocycles. The van der Waals surface area contributed by atoms with Gasteiger partial charge >= 0.3 is 0 Å². The summed E-state index contributed by atoms with van der Waals surface area (Å²) in [5, 5.41) is 27.8. The van der Waals surface area contributed by atoms with Crippen LogP contribution in [-0.4, -0.2) is 91.8 Å². The second kappa shape index (κ2) is 34.5. The van der Waals surface area contributed by atoms with E-state index in [1.165, 1.54) is 17.7 Å². The highest BCUT2D eigenvalue weighted by Gasteiger charge is 2.53. The quantitative estimate of drug-likeness (QED) is 0.0281. The maximum Gasteiger partial charge on any atom is 0.235 e. The molecule has 13 rings (SSSR count). The van der Waals surface area contributed by atoms with Crippen molar-refractivity contribution in [3.05, 3.63) is 208 Å². The second-order valence-electron chi connectivity index (χ2n) is 27.0. The SMILES string of the molecule is CC(C)(C)C1Cc2cc(NC(=O)C3(c4ccc5c(c4)OCO5)CC3)c(F)cc2N1.CC(C)(C)c1cc2cc(NC(=O)C3(c4ccc5c(c4)OCO5)CC3)c(F)cc2n1CCCO.O=CCCOCc1ccccc1.O=CCCOCc1ccccc1.OCCCOCc1ccccc1. The van der Waals surface area contributed by atoms with E-state index in [1.54, 1.807) is 12.1 Å². The van der Waals surface area contributed by atoms with Crippen molar-refractivity contribution >= 4 is 52.4 Å². The van der Waals surface area contributed by atoms with Crippen molar-refractivity contribution in [3.8, 4) is 23.0 Å². The molecule has 17 nitrogen and oxygen atoms in total. The van der Waals surface area contributed by atoms with E-state index in [0.29, 0.717) is 108 Å². The number of nitrogens with one attached hydrogen (secondary N) is 3. The van der Waals surface area contributed by atoms with Gasteiger partial charge in [0.15, 0.2) is 23.0 Å². The number of fused-ring (bicyclic) bond motifs is 4. The topological polar surface area (TPSA) is 214 Å². The molecule has 0 spiro atoms. The number of ether oxygens (including phenoxy) is 7. The van der Waals surface area contributed by atoms with Crippen LogP contribution in [0, 0.1) is 17.0 Å². The molecular weight excluding hydrogens is 1250 g/mol. The summed E-state index contributed by atoms with van der Waals surface area (Å²) in [6.07, 6.45) is 7.68. The van der Waals surface area contributed by atoms with Gasteiger partial charge in [0.25, 0.3) is 0 Å². The van der Waals surface area contributed by atoms with Gasteiger partial charge < -0.3 is 73.5 Å². The number of aromatic nitrogens is 1. The molecule has 1 aromatic heterocycles. The van der Waals surface area contributed by atoms with Gasteiger partial charge in [0, 0.05) is 73.5 Å². The summed E-state index contributed by atoms with van der Waals surface area (Å²) in [7, 11) is 0. The second-order valence-corrected chi connectivity index (χ2v) is 27.0. The van der Waals surface area contributed by atoms with Crippen molar-refractivity contribution in [2.45, 2.75) is 148 Å². The molecule has 2 fully saturated rings. The van der Waals surface area contributed by atoms with Crippen molar-refractivity contribution < 1.29 is 71.3 Å². The molecule has 0 radical (unpaired) electrons. The minimum atomic E-state index is -0.675. The van der Waals surface area contributed by atoms with Gasteiger partial charge in [-0.3, -0.25) is 9.59 Å². The minimum absolute atomic E-state index is 0.0658. The molecule has 1 unspecified atom stereocenters. The highest BCUT2D eigenvalue weighted by Crippen LogP contribution is 2.53. The summed E-state index contributed by atoms with van der Waals surface area (Å²) in [5.74, 6) is 1.38. The summed E-state index contributed by atoms with van der Waals surface area (Å²) < 4.78 is 69.4. The number of carbonyl (C=O) groups excluding carboxylic acids is 4. The maximum atomic E-state index is 15.2. The highest BCUT2D eigenvalue weighted by atomic mass is 19.1. The molecule has 520 valence electrons. The number of carbonyl (C=O) groups is 4. The van der Waals surface area contributed by atoms with Crippen LogP contribution in [0.4, 0.5) is 25.8 Å². The molecule has 3 aliphatic heterocycles. The lowest BCUT2D eigenvalue weighted by Gasteiger charge is -2.27. The Bertz CT molecular complexity index is 3870. The Labute approximate surface area is 573 Å². The minimum Gasteiger partial charge on any atom is -0.454 e. The summed E-state index contributed by atoms with van der Waals surface area (Å²) in [6.45, 7) is 17.6. The van der Waals surface area contributed by atoms with Crippen molar-refractivity contribution in [1.29, 1.82) is 0 Å². The third kappa shape index (κ3) is 19.7. The molecule has 4 heterocycles. The molecule has 0 saturated heterocycles. The van der Waals surface area contributed by atoms with E-state index in [-0.39, 0.29) is 66.9 Å². The summed E-state index contributed by atoms with van der Waals surface area (Å²) >= 11 is 0. The highest BCUT2D eigenvalue weighted by molar-refractivity contribution is 6.03. The first-order chi connectivity index (χ1) is 47.3. The number of benzene rings is 7. The Morgan fingerprint density at radius 1 is 0.571 bits per heavy atom. The van der Waals surface area contributed by atoms with E-state index in [9.17, 15) is 28.7 Å². The number of hydrogen-bond acceptors (Lipinski definition) is 14. The number of hydrogen-bond donors (Lipinski definition) is 5. The molecule has 5 N–H and O–H groups in total. The van der Waals surface area contributed by atoms with Crippen LogP contribution in [0.3, 0.4) is 0 Å². The van der Waals surface area contributed by atoms with Crippen LogP contribution in [-0.2, 0) is 82.4 Å².